The van der Waals surface area contributed by atoms with E-state index in [1.807, 2.05) is 19.9 Å². The Morgan fingerprint density at radius 3 is 2.04 bits per heavy atom. The van der Waals surface area contributed by atoms with Crippen LogP contribution >= 0.6 is 0 Å². The summed E-state index contributed by atoms with van der Waals surface area (Å²) in [7, 11) is 0. The summed E-state index contributed by atoms with van der Waals surface area (Å²) in [6.45, 7) is 3.71. The minimum atomic E-state index is -0.424. The molecule has 0 aliphatic heterocycles. The minimum Gasteiger partial charge on any atom is -0.452 e. The summed E-state index contributed by atoms with van der Waals surface area (Å²) in [6.07, 6.45) is 7.35. The van der Waals surface area contributed by atoms with Gasteiger partial charge in [0.1, 0.15) is 0 Å². The monoisotopic (exact) mass is 341 g/mol. The molecule has 4 aliphatic carbocycles. The summed E-state index contributed by atoms with van der Waals surface area (Å²) in [5.74, 6) is 1.77. The Bertz CT molecular complexity index is 654. The van der Waals surface area contributed by atoms with Gasteiger partial charge >= 0.3 is 5.97 Å². The largest absolute Gasteiger partial charge is 0.452 e. The van der Waals surface area contributed by atoms with Gasteiger partial charge < -0.3 is 10.1 Å². The fourth-order valence-corrected chi connectivity index (χ4v) is 5.90. The predicted molar refractivity (Wildman–Crippen MR) is 95.2 cm³/mol. The molecule has 0 radical (unpaired) electrons. The van der Waals surface area contributed by atoms with Gasteiger partial charge in [0.2, 0.25) is 0 Å². The highest BCUT2D eigenvalue weighted by molar-refractivity contribution is 5.91. The van der Waals surface area contributed by atoms with Crippen LogP contribution < -0.4 is 5.32 Å². The molecule has 4 aliphatic rings. The van der Waals surface area contributed by atoms with Gasteiger partial charge in [0.15, 0.2) is 6.61 Å². The van der Waals surface area contributed by atoms with E-state index in [1.165, 1.54) is 19.3 Å². The zero-order valence-corrected chi connectivity index (χ0v) is 15.1. The Hall–Kier alpha value is -1.84. The molecule has 0 saturated heterocycles. The van der Waals surface area contributed by atoms with Crippen LogP contribution in [0.1, 0.15) is 60.0 Å². The van der Waals surface area contributed by atoms with Crippen molar-refractivity contribution in [1.82, 2.24) is 5.32 Å². The molecule has 4 heteroatoms. The van der Waals surface area contributed by atoms with E-state index in [0.29, 0.717) is 5.56 Å². The van der Waals surface area contributed by atoms with Gasteiger partial charge in [0.05, 0.1) is 5.56 Å². The average molecular weight is 341 g/mol. The topological polar surface area (TPSA) is 55.4 Å². The number of carbonyl (C=O) groups excluding carboxylic acids is 2. The number of amides is 1. The number of esters is 1. The van der Waals surface area contributed by atoms with E-state index >= 15 is 0 Å². The Morgan fingerprint density at radius 1 is 1.00 bits per heavy atom. The molecule has 0 heterocycles. The van der Waals surface area contributed by atoms with E-state index in [4.69, 9.17) is 4.74 Å². The summed E-state index contributed by atoms with van der Waals surface area (Å²) in [6, 6.07) is 5.61. The van der Waals surface area contributed by atoms with Gasteiger partial charge in [-0.1, -0.05) is 17.2 Å². The molecule has 4 bridgehead atoms. The fraction of sp³-hybridized carbons (Fsp3) is 0.619. The quantitative estimate of drug-likeness (QED) is 0.852. The molecule has 4 nitrogen and oxygen atoms in total. The van der Waals surface area contributed by atoms with Crippen LogP contribution in [-0.4, -0.2) is 24.0 Å². The van der Waals surface area contributed by atoms with Crippen molar-refractivity contribution in [2.24, 2.45) is 17.8 Å². The first kappa shape index (κ1) is 16.6. The standard InChI is InChI=1S/C21H27NO3/c1-13-3-14(2)5-18(4-13)20(24)25-12-19(23)22-21-9-15-6-16(10-21)8-17(7-15)11-21/h3-5,15-17H,6-12H2,1-2H3,(H,22,23). The van der Waals surface area contributed by atoms with Gasteiger partial charge in [-0.3, -0.25) is 4.79 Å². The highest BCUT2D eigenvalue weighted by atomic mass is 16.5. The third kappa shape index (κ3) is 3.44. The van der Waals surface area contributed by atoms with Crippen molar-refractivity contribution >= 4 is 11.9 Å². The second-order valence-corrected chi connectivity index (χ2v) is 8.70. The van der Waals surface area contributed by atoms with Crippen LogP contribution in [0.5, 0.6) is 0 Å². The first-order valence-corrected chi connectivity index (χ1v) is 9.47. The maximum Gasteiger partial charge on any atom is 0.338 e. The number of benzene rings is 1. The smallest absolute Gasteiger partial charge is 0.338 e. The summed E-state index contributed by atoms with van der Waals surface area (Å²) in [5.41, 5.74) is 2.52. The number of carbonyl (C=O) groups is 2. The van der Waals surface area contributed by atoms with Crippen molar-refractivity contribution in [1.29, 1.82) is 0 Å². The molecule has 0 unspecified atom stereocenters. The zero-order chi connectivity index (χ0) is 17.6. The highest BCUT2D eigenvalue weighted by Gasteiger charge is 2.51. The maximum absolute atomic E-state index is 12.4. The second-order valence-electron chi connectivity index (χ2n) is 8.70. The summed E-state index contributed by atoms with van der Waals surface area (Å²) >= 11 is 0. The lowest BCUT2D eigenvalue weighted by molar-refractivity contribution is -0.130. The van der Waals surface area contributed by atoms with Crippen LogP contribution in [0.3, 0.4) is 0 Å². The Morgan fingerprint density at radius 2 is 1.52 bits per heavy atom. The van der Waals surface area contributed by atoms with E-state index < -0.39 is 5.97 Å². The number of hydrogen-bond donors (Lipinski definition) is 1. The molecule has 4 saturated carbocycles. The molecule has 1 aromatic carbocycles. The third-order valence-corrected chi connectivity index (χ3v) is 6.23. The average Bonchev–Trinajstić information content (AvgIpc) is 2.49. The lowest BCUT2D eigenvalue weighted by atomic mass is 9.53. The van der Waals surface area contributed by atoms with Crippen molar-refractivity contribution in [2.75, 3.05) is 6.61 Å². The van der Waals surface area contributed by atoms with Crippen LogP contribution in [-0.2, 0) is 9.53 Å². The molecule has 0 atom stereocenters. The van der Waals surface area contributed by atoms with Crippen molar-refractivity contribution in [3.8, 4) is 0 Å². The highest BCUT2D eigenvalue weighted by Crippen LogP contribution is 2.55. The van der Waals surface area contributed by atoms with Crippen molar-refractivity contribution < 1.29 is 14.3 Å². The lowest BCUT2D eigenvalue weighted by Gasteiger charge is -2.56. The van der Waals surface area contributed by atoms with Crippen LogP contribution in [0.2, 0.25) is 0 Å². The molecule has 5 rings (SSSR count). The molecular weight excluding hydrogens is 314 g/mol. The summed E-state index contributed by atoms with van der Waals surface area (Å²) in [5, 5.41) is 3.24. The van der Waals surface area contributed by atoms with Crippen LogP contribution in [0.15, 0.2) is 18.2 Å². The van der Waals surface area contributed by atoms with E-state index in [0.717, 1.165) is 48.1 Å². The van der Waals surface area contributed by atoms with Gasteiger partial charge in [-0.15, -0.1) is 0 Å². The molecule has 1 N–H and O–H groups in total. The normalized spacial score (nSPS) is 32.5. The van der Waals surface area contributed by atoms with Gasteiger partial charge in [0.25, 0.3) is 5.91 Å². The van der Waals surface area contributed by atoms with Gasteiger partial charge in [-0.05, 0) is 82.3 Å². The SMILES string of the molecule is Cc1cc(C)cc(C(=O)OCC(=O)NC23CC4CC(CC(C4)C2)C3)c1. The Balaban J connectivity index is 1.34. The second kappa shape index (κ2) is 6.15. The Labute approximate surface area is 149 Å². The van der Waals surface area contributed by atoms with E-state index in [9.17, 15) is 9.59 Å². The van der Waals surface area contributed by atoms with Crippen molar-refractivity contribution in [3.63, 3.8) is 0 Å². The number of ether oxygens (including phenoxy) is 1. The predicted octanol–water partition coefficient (Wildman–Crippen LogP) is 3.55. The molecule has 1 amide bonds. The summed E-state index contributed by atoms with van der Waals surface area (Å²) in [4.78, 5) is 24.6. The first-order chi connectivity index (χ1) is 11.9. The number of nitrogens with one attached hydrogen (secondary N) is 1. The first-order valence-electron chi connectivity index (χ1n) is 9.47. The molecular formula is C21H27NO3. The lowest BCUT2D eigenvalue weighted by Crippen LogP contribution is -2.60. The van der Waals surface area contributed by atoms with Crippen molar-refractivity contribution in [2.45, 2.75) is 57.9 Å². The minimum absolute atomic E-state index is 0.0296. The van der Waals surface area contributed by atoms with Gasteiger partial charge in [0, 0.05) is 5.54 Å². The molecule has 0 spiro atoms. The number of aryl methyl sites for hydroxylation is 2. The maximum atomic E-state index is 12.4. The van der Waals surface area contributed by atoms with Crippen LogP contribution in [0.4, 0.5) is 0 Å². The fourth-order valence-electron chi connectivity index (χ4n) is 5.90. The van der Waals surface area contributed by atoms with Crippen LogP contribution in [0.25, 0.3) is 0 Å². The third-order valence-electron chi connectivity index (χ3n) is 6.23. The molecule has 25 heavy (non-hydrogen) atoms. The number of rotatable bonds is 4. The Kier molecular flexibility index (Phi) is 4.09. The van der Waals surface area contributed by atoms with E-state index in [2.05, 4.69) is 5.32 Å². The van der Waals surface area contributed by atoms with Gasteiger partial charge in [-0.2, -0.15) is 0 Å². The molecule has 134 valence electrons. The van der Waals surface area contributed by atoms with Crippen molar-refractivity contribution in [3.05, 3.63) is 34.9 Å². The molecule has 1 aromatic rings. The van der Waals surface area contributed by atoms with Crippen LogP contribution in [0, 0.1) is 31.6 Å². The van der Waals surface area contributed by atoms with E-state index in [-0.39, 0.29) is 18.1 Å². The summed E-state index contributed by atoms with van der Waals surface area (Å²) < 4.78 is 5.26. The van der Waals surface area contributed by atoms with Gasteiger partial charge in [-0.25, -0.2) is 4.79 Å². The molecule has 0 aromatic heterocycles. The number of hydrogen-bond acceptors (Lipinski definition) is 3. The molecule has 4 fully saturated rings. The van der Waals surface area contributed by atoms with E-state index in [1.54, 1.807) is 12.1 Å². The zero-order valence-electron chi connectivity index (χ0n) is 15.1.